The Kier molecular flexibility index (Phi) is 7.81. The Bertz CT molecular complexity index is 565. The molecule has 0 unspecified atom stereocenters. The quantitative estimate of drug-likeness (QED) is 0.656. The summed E-state index contributed by atoms with van der Waals surface area (Å²) >= 11 is 0. The van der Waals surface area contributed by atoms with Gasteiger partial charge in [-0.25, -0.2) is 0 Å². The third-order valence-electron chi connectivity index (χ3n) is 2.97. The van der Waals surface area contributed by atoms with Crippen LogP contribution >= 0.6 is 0 Å². The second-order valence-corrected chi connectivity index (χ2v) is 4.11. The molecule has 1 aromatic carbocycles. The molecule has 0 saturated heterocycles. The lowest BCUT2D eigenvalue weighted by molar-refractivity contribution is 1.24. The van der Waals surface area contributed by atoms with Gasteiger partial charge in [0.2, 0.25) is 0 Å². The summed E-state index contributed by atoms with van der Waals surface area (Å²) in [5.74, 6) is 0. The van der Waals surface area contributed by atoms with Crippen LogP contribution in [-0.4, -0.2) is 4.98 Å². The summed E-state index contributed by atoms with van der Waals surface area (Å²) in [6, 6.07) is 16.5. The molecule has 0 amide bonds. The lowest BCUT2D eigenvalue weighted by atomic mass is 10.1. The van der Waals surface area contributed by atoms with Crippen molar-refractivity contribution in [3.63, 3.8) is 0 Å². The van der Waals surface area contributed by atoms with E-state index in [0.717, 1.165) is 12.1 Å². The van der Waals surface area contributed by atoms with Gasteiger partial charge < -0.3 is 0 Å². The van der Waals surface area contributed by atoms with Gasteiger partial charge in [-0.15, -0.1) is 0 Å². The molecule has 1 aliphatic rings. The number of pyridine rings is 1. The zero-order valence-corrected chi connectivity index (χ0v) is 13.5. The van der Waals surface area contributed by atoms with E-state index >= 15 is 0 Å². The van der Waals surface area contributed by atoms with Gasteiger partial charge in [0.25, 0.3) is 0 Å². The van der Waals surface area contributed by atoms with Gasteiger partial charge in [0.05, 0.1) is 5.69 Å². The molecule has 1 aliphatic carbocycles. The molecule has 0 aliphatic heterocycles. The Balaban J connectivity index is 0.000000510. The predicted molar refractivity (Wildman–Crippen MR) is 93.9 cm³/mol. The Morgan fingerprint density at radius 3 is 2.10 bits per heavy atom. The Morgan fingerprint density at radius 1 is 0.810 bits per heavy atom. The monoisotopic (exact) mass is 279 g/mol. The average molecular weight is 279 g/mol. The molecule has 0 saturated carbocycles. The van der Waals surface area contributed by atoms with E-state index in [1.165, 1.54) is 16.7 Å². The summed E-state index contributed by atoms with van der Waals surface area (Å²) in [7, 11) is 0. The summed E-state index contributed by atoms with van der Waals surface area (Å²) in [5.41, 5.74) is 4.95. The van der Waals surface area contributed by atoms with Gasteiger partial charge in [-0.3, -0.25) is 4.98 Å². The van der Waals surface area contributed by atoms with Crippen molar-refractivity contribution >= 4 is 11.1 Å². The molecule has 110 valence electrons. The molecule has 0 radical (unpaired) electrons. The van der Waals surface area contributed by atoms with Gasteiger partial charge in [-0.1, -0.05) is 70.2 Å². The summed E-state index contributed by atoms with van der Waals surface area (Å²) in [5, 5.41) is 0. The van der Waals surface area contributed by atoms with Crippen LogP contribution < -0.4 is 0 Å². The van der Waals surface area contributed by atoms with Crippen LogP contribution in [0.25, 0.3) is 11.1 Å². The lowest BCUT2D eigenvalue weighted by Gasteiger charge is -1.99. The fourth-order valence-electron chi connectivity index (χ4n) is 2.09. The van der Waals surface area contributed by atoms with Crippen LogP contribution in [0.2, 0.25) is 0 Å². The van der Waals surface area contributed by atoms with Gasteiger partial charge in [0, 0.05) is 6.20 Å². The molecule has 0 bridgehead atoms. The van der Waals surface area contributed by atoms with Crippen molar-refractivity contribution in [2.75, 3.05) is 0 Å². The van der Waals surface area contributed by atoms with E-state index in [1.807, 2.05) is 52.1 Å². The van der Waals surface area contributed by atoms with E-state index in [1.54, 1.807) is 0 Å². The largest absolute Gasteiger partial charge is 0.257 e. The molecule has 3 rings (SSSR count). The molecule has 2 aromatic rings. The second kappa shape index (κ2) is 9.71. The number of hydrogen-bond donors (Lipinski definition) is 0. The molecule has 21 heavy (non-hydrogen) atoms. The smallest absolute Gasteiger partial charge is 0.0664 e. The van der Waals surface area contributed by atoms with E-state index in [4.69, 9.17) is 0 Å². The van der Waals surface area contributed by atoms with Gasteiger partial charge in [0.15, 0.2) is 0 Å². The third-order valence-corrected chi connectivity index (χ3v) is 2.97. The zero-order chi connectivity index (χ0) is 15.5. The number of allylic oxidation sites excluding steroid dienone is 4. The highest BCUT2D eigenvalue weighted by molar-refractivity contribution is 5.88. The number of aromatic nitrogens is 1. The van der Waals surface area contributed by atoms with Crippen LogP contribution in [0.15, 0.2) is 66.9 Å². The molecule has 0 N–H and O–H groups in total. The first-order chi connectivity index (χ1) is 10.4. The number of nitrogens with zero attached hydrogens (tertiary/aromatic N) is 1. The Labute approximate surface area is 129 Å². The van der Waals surface area contributed by atoms with E-state index < -0.39 is 0 Å². The first-order valence-corrected chi connectivity index (χ1v) is 7.81. The summed E-state index contributed by atoms with van der Waals surface area (Å²) in [6.45, 7) is 8.00. The maximum absolute atomic E-state index is 4.39. The predicted octanol–water partition coefficient (Wildman–Crippen LogP) is 6.00. The molecular weight excluding hydrogens is 254 g/mol. The molecule has 0 atom stereocenters. The SMILES string of the molecule is C1=C(c2ccccc2)C=C(c2ccccn2)C1.CC.CC. The van der Waals surface area contributed by atoms with E-state index in [-0.39, 0.29) is 0 Å². The molecule has 1 heteroatoms. The lowest BCUT2D eigenvalue weighted by Crippen LogP contribution is -1.84. The molecule has 1 aromatic heterocycles. The maximum atomic E-state index is 4.39. The van der Waals surface area contributed by atoms with Crippen LogP contribution in [0, 0.1) is 0 Å². The van der Waals surface area contributed by atoms with Crippen molar-refractivity contribution in [2.45, 2.75) is 34.1 Å². The fourth-order valence-corrected chi connectivity index (χ4v) is 2.09. The van der Waals surface area contributed by atoms with E-state index in [0.29, 0.717) is 0 Å². The highest BCUT2D eigenvalue weighted by Gasteiger charge is 2.10. The van der Waals surface area contributed by atoms with Crippen molar-refractivity contribution < 1.29 is 0 Å². The maximum Gasteiger partial charge on any atom is 0.0664 e. The minimum atomic E-state index is 0.973. The number of hydrogen-bond acceptors (Lipinski definition) is 1. The minimum Gasteiger partial charge on any atom is -0.257 e. The summed E-state index contributed by atoms with van der Waals surface area (Å²) in [4.78, 5) is 4.39. The molecule has 0 spiro atoms. The van der Waals surface area contributed by atoms with Crippen molar-refractivity contribution in [3.05, 3.63) is 78.1 Å². The highest BCUT2D eigenvalue weighted by atomic mass is 14.7. The topological polar surface area (TPSA) is 12.9 Å². The minimum absolute atomic E-state index is 0.973. The van der Waals surface area contributed by atoms with Crippen molar-refractivity contribution in [1.82, 2.24) is 4.98 Å². The summed E-state index contributed by atoms with van der Waals surface area (Å²) < 4.78 is 0. The summed E-state index contributed by atoms with van der Waals surface area (Å²) in [6.07, 6.45) is 7.31. The van der Waals surface area contributed by atoms with Crippen LogP contribution in [0.3, 0.4) is 0 Å². The van der Waals surface area contributed by atoms with E-state index in [9.17, 15) is 0 Å². The van der Waals surface area contributed by atoms with E-state index in [2.05, 4.69) is 47.5 Å². The van der Waals surface area contributed by atoms with Crippen molar-refractivity contribution in [2.24, 2.45) is 0 Å². The normalized spacial score (nSPS) is 12.2. The standard InChI is InChI=1S/C16H13N.2C2H6/c1-2-6-13(7-3-1)14-9-10-15(12-14)16-8-4-5-11-17-16;2*1-2/h1-9,11-12H,10H2;2*1-2H3. The van der Waals surface area contributed by atoms with Gasteiger partial charge in [-0.05, 0) is 41.3 Å². The van der Waals surface area contributed by atoms with Crippen LogP contribution in [0.5, 0.6) is 0 Å². The fraction of sp³-hybridized carbons (Fsp3) is 0.250. The molecule has 1 heterocycles. The van der Waals surface area contributed by atoms with Gasteiger partial charge in [0.1, 0.15) is 0 Å². The zero-order valence-electron chi connectivity index (χ0n) is 13.5. The third kappa shape index (κ3) is 4.71. The Hall–Kier alpha value is -2.15. The molecule has 1 nitrogen and oxygen atoms in total. The van der Waals surface area contributed by atoms with Crippen LogP contribution in [0.4, 0.5) is 0 Å². The van der Waals surface area contributed by atoms with Crippen LogP contribution in [0.1, 0.15) is 45.4 Å². The Morgan fingerprint density at radius 2 is 1.48 bits per heavy atom. The van der Waals surface area contributed by atoms with Gasteiger partial charge >= 0.3 is 0 Å². The van der Waals surface area contributed by atoms with Crippen molar-refractivity contribution in [1.29, 1.82) is 0 Å². The van der Waals surface area contributed by atoms with Gasteiger partial charge in [-0.2, -0.15) is 0 Å². The first-order valence-electron chi connectivity index (χ1n) is 7.81. The number of rotatable bonds is 2. The van der Waals surface area contributed by atoms with Crippen molar-refractivity contribution in [3.8, 4) is 0 Å². The number of benzene rings is 1. The second-order valence-electron chi connectivity index (χ2n) is 4.11. The highest BCUT2D eigenvalue weighted by Crippen LogP contribution is 2.30. The first kappa shape index (κ1) is 16.9. The average Bonchev–Trinajstić information content (AvgIpc) is 3.10. The van der Waals surface area contributed by atoms with Crippen LogP contribution in [-0.2, 0) is 0 Å². The molecular formula is C20H25N. The molecule has 0 fully saturated rings.